The van der Waals surface area contributed by atoms with Gasteiger partial charge in [0.2, 0.25) is 0 Å². The van der Waals surface area contributed by atoms with Crippen molar-refractivity contribution in [3.05, 3.63) is 70.0 Å². The van der Waals surface area contributed by atoms with Gasteiger partial charge in [-0.2, -0.15) is 0 Å². The van der Waals surface area contributed by atoms with Gasteiger partial charge in [0.15, 0.2) is 0 Å². The summed E-state index contributed by atoms with van der Waals surface area (Å²) < 4.78 is 4.23. The second-order valence-corrected chi connectivity index (χ2v) is 9.82. The molecule has 2 aromatic carbocycles. The molecule has 4 N–H and O–H groups in total. The summed E-state index contributed by atoms with van der Waals surface area (Å²) in [7, 11) is 0. The minimum absolute atomic E-state index is 0.0560. The van der Waals surface area contributed by atoms with Crippen molar-refractivity contribution in [1.29, 1.82) is 5.41 Å². The van der Waals surface area contributed by atoms with E-state index in [-0.39, 0.29) is 17.0 Å². The Morgan fingerprint density at radius 1 is 1.14 bits per heavy atom. The van der Waals surface area contributed by atoms with Gasteiger partial charge in [-0.25, -0.2) is 9.37 Å². The van der Waals surface area contributed by atoms with Crippen molar-refractivity contribution in [3.63, 3.8) is 0 Å². The first kappa shape index (κ1) is 25.4. The molecule has 7 nitrogen and oxygen atoms in total. The number of hydrogen-bond acceptors (Lipinski definition) is 3. The second-order valence-electron chi connectivity index (χ2n) is 9.82. The number of unbranched alkanes of at least 4 members (excludes halogenated alkanes) is 2. The lowest BCUT2D eigenvalue weighted by Gasteiger charge is -2.19. The maximum atomic E-state index is 13.7. The molecule has 1 atom stereocenters. The number of nitrogens with two attached hydrogens (primary N) is 1. The number of amidine groups is 1. The molecule has 0 radical (unpaired) electrons. The third-order valence-electron chi connectivity index (χ3n) is 7.29. The number of fused-ring (bicyclic) bond motifs is 1. The number of hydrogen-bond donors (Lipinski definition) is 3. The summed E-state index contributed by atoms with van der Waals surface area (Å²) in [6, 6.07) is 14.4. The Kier molecular flexibility index (Phi) is 7.67. The van der Waals surface area contributed by atoms with Gasteiger partial charge in [-0.3, -0.25) is 10.2 Å². The summed E-state index contributed by atoms with van der Waals surface area (Å²) in [5.74, 6) is -1.07. The van der Waals surface area contributed by atoms with Crippen molar-refractivity contribution in [3.8, 4) is 11.1 Å². The van der Waals surface area contributed by atoms with E-state index in [1.165, 1.54) is 25.0 Å². The molecule has 2 heterocycles. The van der Waals surface area contributed by atoms with Crippen molar-refractivity contribution < 1.29 is 14.5 Å². The number of benzene rings is 2. The Morgan fingerprint density at radius 2 is 1.94 bits per heavy atom. The quantitative estimate of drug-likeness (QED) is 0.173. The minimum Gasteiger partial charge on any atom is -0.478 e. The van der Waals surface area contributed by atoms with Crippen LogP contribution in [0.3, 0.4) is 0 Å². The molecule has 3 aromatic rings. The highest BCUT2D eigenvalue weighted by Gasteiger charge is 2.23. The van der Waals surface area contributed by atoms with E-state index in [4.69, 9.17) is 11.1 Å². The molecule has 0 amide bonds. The Morgan fingerprint density at radius 3 is 2.67 bits per heavy atom. The molecule has 0 spiro atoms. The van der Waals surface area contributed by atoms with Crippen molar-refractivity contribution >= 4 is 28.4 Å². The maximum absolute atomic E-state index is 13.7. The van der Waals surface area contributed by atoms with Crippen LogP contribution < -0.4 is 11.3 Å². The summed E-state index contributed by atoms with van der Waals surface area (Å²) in [5.41, 5.74) is 9.52. The molecule has 0 saturated heterocycles. The topological polar surface area (TPSA) is 112 Å². The van der Waals surface area contributed by atoms with E-state index < -0.39 is 5.97 Å². The zero-order chi connectivity index (χ0) is 25.8. The minimum atomic E-state index is -1.02. The zero-order valence-corrected chi connectivity index (χ0v) is 21.1. The monoisotopic (exact) mass is 487 g/mol. The number of aryl methyl sites for hydroxylation is 1. The van der Waals surface area contributed by atoms with Crippen molar-refractivity contribution in [1.82, 2.24) is 4.57 Å². The number of aromatic nitrogens is 1. The fourth-order valence-electron chi connectivity index (χ4n) is 5.26. The molecular formula is C29H35N4O3+. The first-order valence-corrected chi connectivity index (χ1v) is 12.7. The summed E-state index contributed by atoms with van der Waals surface area (Å²) in [6.07, 6.45) is 6.54. The first-order chi connectivity index (χ1) is 17.3. The molecule has 1 aliphatic rings. The van der Waals surface area contributed by atoms with Crippen LogP contribution in [-0.2, 0) is 6.54 Å². The van der Waals surface area contributed by atoms with Crippen LogP contribution in [0.15, 0.2) is 53.3 Å². The van der Waals surface area contributed by atoms with Crippen LogP contribution in [0.4, 0.5) is 0 Å². The number of aromatic carboxylic acids is 1. The van der Waals surface area contributed by atoms with Crippen molar-refractivity contribution in [2.45, 2.75) is 65.0 Å². The standard InChI is InChI=1S/C29H34N4O3/c1-19-8-6-9-20(2)32(19)14-4-3-5-15-33-26-18-24(29(35)36)13-12-22(26)17-25(28(33)34)21-10-7-11-23(16-21)27(30)31/h7,10-13,16-19H,3-6,8-9,14-15H2,1-2H3,(H3-,30,31,35,36)/p+1/t19-/m1/s1. The molecule has 36 heavy (non-hydrogen) atoms. The second kappa shape index (κ2) is 10.9. The molecule has 1 aliphatic heterocycles. The van der Waals surface area contributed by atoms with Crippen LogP contribution in [0.2, 0.25) is 0 Å². The number of pyridine rings is 1. The van der Waals surface area contributed by atoms with E-state index in [1.54, 1.807) is 47.0 Å². The molecule has 188 valence electrons. The van der Waals surface area contributed by atoms with Crippen LogP contribution in [-0.4, -0.2) is 44.4 Å². The molecule has 0 fully saturated rings. The van der Waals surface area contributed by atoms with E-state index in [0.29, 0.717) is 34.8 Å². The molecule has 0 unspecified atom stereocenters. The zero-order valence-electron chi connectivity index (χ0n) is 21.1. The highest BCUT2D eigenvalue weighted by atomic mass is 16.4. The van der Waals surface area contributed by atoms with Crippen LogP contribution in [0.1, 0.15) is 68.3 Å². The van der Waals surface area contributed by atoms with E-state index in [9.17, 15) is 14.7 Å². The van der Waals surface area contributed by atoms with Gasteiger partial charge in [-0.15, -0.1) is 0 Å². The van der Waals surface area contributed by atoms with Gasteiger partial charge in [0.25, 0.3) is 5.56 Å². The molecule has 7 heteroatoms. The first-order valence-electron chi connectivity index (χ1n) is 12.7. The molecule has 0 aliphatic carbocycles. The average Bonchev–Trinajstić information content (AvgIpc) is 2.86. The smallest absolute Gasteiger partial charge is 0.335 e. The number of nitrogens with one attached hydrogen (secondary N) is 1. The number of carbonyl (C=O) groups is 1. The fraction of sp³-hybridized carbons (Fsp3) is 0.379. The molecule has 4 rings (SSSR count). The summed E-state index contributed by atoms with van der Waals surface area (Å²) in [6.45, 7) is 6.07. The highest BCUT2D eigenvalue weighted by Crippen LogP contribution is 2.24. The van der Waals surface area contributed by atoms with Crippen LogP contribution >= 0.6 is 0 Å². The lowest BCUT2D eigenvalue weighted by atomic mass is 10.0. The van der Waals surface area contributed by atoms with E-state index in [1.807, 2.05) is 6.07 Å². The summed E-state index contributed by atoms with van der Waals surface area (Å²) >= 11 is 0. The third-order valence-corrected chi connectivity index (χ3v) is 7.29. The largest absolute Gasteiger partial charge is 0.478 e. The highest BCUT2D eigenvalue weighted by molar-refractivity contribution is 5.97. The average molecular weight is 488 g/mol. The van der Waals surface area contributed by atoms with Gasteiger partial charge in [0, 0.05) is 43.9 Å². The lowest BCUT2D eigenvalue weighted by Crippen LogP contribution is -2.33. The Labute approximate surface area is 211 Å². The van der Waals surface area contributed by atoms with Crippen molar-refractivity contribution in [2.75, 3.05) is 6.54 Å². The van der Waals surface area contributed by atoms with E-state index >= 15 is 0 Å². The fourth-order valence-corrected chi connectivity index (χ4v) is 5.26. The predicted octanol–water partition coefficient (Wildman–Crippen LogP) is 4.87. The van der Waals surface area contributed by atoms with Gasteiger partial charge in [-0.1, -0.05) is 24.3 Å². The number of nitrogens with zero attached hydrogens (tertiary/aromatic N) is 2. The van der Waals surface area contributed by atoms with Gasteiger partial charge < -0.3 is 15.4 Å². The summed E-state index contributed by atoms with van der Waals surface area (Å²) in [4.78, 5) is 25.3. The van der Waals surface area contributed by atoms with Gasteiger partial charge in [0.1, 0.15) is 24.1 Å². The van der Waals surface area contributed by atoms with Gasteiger partial charge in [0.05, 0.1) is 11.1 Å². The predicted molar refractivity (Wildman–Crippen MR) is 145 cm³/mol. The number of carboxylic acid groups (broad SMARTS) is 1. The number of rotatable bonds is 9. The Balaban J connectivity index is 1.63. The van der Waals surface area contributed by atoms with Crippen LogP contribution in [0.5, 0.6) is 0 Å². The summed E-state index contributed by atoms with van der Waals surface area (Å²) in [5, 5.41) is 18.1. The lowest BCUT2D eigenvalue weighted by molar-refractivity contribution is -0.569. The van der Waals surface area contributed by atoms with Gasteiger partial charge in [-0.05, 0) is 61.4 Å². The molecule has 1 aromatic heterocycles. The normalized spacial score (nSPS) is 15.9. The van der Waals surface area contributed by atoms with Crippen LogP contribution in [0.25, 0.3) is 22.0 Å². The van der Waals surface area contributed by atoms with Gasteiger partial charge >= 0.3 is 5.97 Å². The molecule has 0 bridgehead atoms. The van der Waals surface area contributed by atoms with E-state index in [2.05, 4.69) is 18.4 Å². The van der Waals surface area contributed by atoms with Crippen LogP contribution in [0, 0.1) is 5.41 Å². The molecular weight excluding hydrogens is 452 g/mol. The third kappa shape index (κ3) is 5.40. The Hall–Kier alpha value is -3.74. The van der Waals surface area contributed by atoms with E-state index in [0.717, 1.165) is 31.2 Å². The number of nitrogen functional groups attached to an aromatic ring is 1. The van der Waals surface area contributed by atoms with Crippen molar-refractivity contribution in [2.24, 2.45) is 5.73 Å². The number of carboxylic acids is 1. The Bertz CT molecular complexity index is 1400. The maximum Gasteiger partial charge on any atom is 0.335 e. The molecule has 0 saturated carbocycles. The SMILES string of the molecule is CC1=[N+](CCCCCn2c(=O)c(-c3cccc(C(=N)N)c3)cc3ccc(C(=O)O)cc32)[C@H](C)CCC1.